The highest BCUT2D eigenvalue weighted by Crippen LogP contribution is 2.22. The van der Waals surface area contributed by atoms with Crippen LogP contribution in [0.25, 0.3) is 11.0 Å². The summed E-state index contributed by atoms with van der Waals surface area (Å²) in [5.41, 5.74) is 5.07. The standard InChI is InChI=1S/C20H19N3O2S/c1-23-19-8-7-16(24-2)10-18(19)22-20(23)12-25-15-5-3-14(4-6-15)9-17-11-21-13-26-17/h3-8,10-11,13H,9,12H2,1-2H3. The Kier molecular flexibility index (Phi) is 4.58. The van der Waals surface area contributed by atoms with Gasteiger partial charge in [-0.3, -0.25) is 4.98 Å². The van der Waals surface area contributed by atoms with Crippen molar-refractivity contribution in [1.29, 1.82) is 0 Å². The number of nitrogens with zero attached hydrogens (tertiary/aromatic N) is 3. The van der Waals surface area contributed by atoms with E-state index in [-0.39, 0.29) is 0 Å². The molecule has 2 aromatic heterocycles. The molecular formula is C20H19N3O2S. The third-order valence-electron chi connectivity index (χ3n) is 4.33. The number of fused-ring (bicyclic) bond motifs is 1. The van der Waals surface area contributed by atoms with Gasteiger partial charge in [0.2, 0.25) is 0 Å². The molecule has 0 spiro atoms. The largest absolute Gasteiger partial charge is 0.497 e. The number of hydrogen-bond donors (Lipinski definition) is 0. The number of methoxy groups -OCH3 is 1. The first-order valence-corrected chi connectivity index (χ1v) is 9.19. The molecule has 2 heterocycles. The molecule has 4 rings (SSSR count). The molecule has 26 heavy (non-hydrogen) atoms. The van der Waals surface area contributed by atoms with Crippen LogP contribution in [0.5, 0.6) is 11.5 Å². The summed E-state index contributed by atoms with van der Waals surface area (Å²) >= 11 is 1.67. The number of hydrogen-bond acceptors (Lipinski definition) is 5. The number of imidazole rings is 1. The van der Waals surface area contributed by atoms with E-state index in [1.807, 2.05) is 53.7 Å². The average molecular weight is 365 g/mol. The summed E-state index contributed by atoms with van der Waals surface area (Å²) in [6.45, 7) is 0.418. The number of aromatic nitrogens is 3. The van der Waals surface area contributed by atoms with E-state index >= 15 is 0 Å². The zero-order valence-corrected chi connectivity index (χ0v) is 15.5. The topological polar surface area (TPSA) is 49.2 Å². The number of ether oxygens (including phenoxy) is 2. The molecule has 132 valence electrons. The Morgan fingerprint density at radius 1 is 1.08 bits per heavy atom. The van der Waals surface area contributed by atoms with Crippen LogP contribution in [0.3, 0.4) is 0 Å². The van der Waals surface area contributed by atoms with Gasteiger partial charge in [-0.25, -0.2) is 4.98 Å². The molecule has 0 amide bonds. The zero-order valence-electron chi connectivity index (χ0n) is 14.7. The summed E-state index contributed by atoms with van der Waals surface area (Å²) in [6.07, 6.45) is 2.81. The van der Waals surface area contributed by atoms with Crippen molar-refractivity contribution in [2.45, 2.75) is 13.0 Å². The van der Waals surface area contributed by atoms with Crippen LogP contribution < -0.4 is 9.47 Å². The second-order valence-electron chi connectivity index (χ2n) is 6.02. The van der Waals surface area contributed by atoms with Crippen molar-refractivity contribution in [3.05, 3.63) is 70.4 Å². The van der Waals surface area contributed by atoms with Gasteiger partial charge < -0.3 is 14.0 Å². The van der Waals surface area contributed by atoms with Gasteiger partial charge in [-0.05, 0) is 29.8 Å². The Morgan fingerprint density at radius 3 is 2.62 bits per heavy atom. The second kappa shape index (κ2) is 7.17. The van der Waals surface area contributed by atoms with E-state index in [0.29, 0.717) is 6.61 Å². The van der Waals surface area contributed by atoms with Crippen molar-refractivity contribution in [1.82, 2.24) is 14.5 Å². The Hall–Kier alpha value is -2.86. The van der Waals surface area contributed by atoms with E-state index in [1.54, 1.807) is 18.4 Å². The summed E-state index contributed by atoms with van der Waals surface area (Å²) in [6, 6.07) is 14.1. The first-order valence-electron chi connectivity index (χ1n) is 8.31. The predicted molar refractivity (Wildman–Crippen MR) is 103 cm³/mol. The maximum absolute atomic E-state index is 5.92. The van der Waals surface area contributed by atoms with Crippen molar-refractivity contribution in [3.63, 3.8) is 0 Å². The molecule has 5 nitrogen and oxygen atoms in total. The van der Waals surface area contributed by atoms with Crippen molar-refractivity contribution in [3.8, 4) is 11.5 Å². The molecule has 0 aliphatic heterocycles. The van der Waals surface area contributed by atoms with Crippen LogP contribution in [0, 0.1) is 0 Å². The fraction of sp³-hybridized carbons (Fsp3) is 0.200. The summed E-state index contributed by atoms with van der Waals surface area (Å²) in [4.78, 5) is 10.0. The normalized spacial score (nSPS) is 11.0. The van der Waals surface area contributed by atoms with Crippen LogP contribution in [-0.2, 0) is 20.1 Å². The Balaban J connectivity index is 1.45. The smallest absolute Gasteiger partial charge is 0.147 e. The van der Waals surface area contributed by atoms with E-state index in [0.717, 1.165) is 34.8 Å². The van der Waals surface area contributed by atoms with Crippen LogP contribution in [0.2, 0.25) is 0 Å². The first kappa shape index (κ1) is 16.6. The highest BCUT2D eigenvalue weighted by molar-refractivity contribution is 7.09. The lowest BCUT2D eigenvalue weighted by Crippen LogP contribution is -2.03. The van der Waals surface area contributed by atoms with Crippen LogP contribution >= 0.6 is 11.3 Å². The number of thiazole rings is 1. The molecule has 0 fully saturated rings. The van der Waals surface area contributed by atoms with E-state index in [1.165, 1.54) is 10.4 Å². The highest BCUT2D eigenvalue weighted by atomic mass is 32.1. The molecule has 4 aromatic rings. The van der Waals surface area contributed by atoms with Crippen molar-refractivity contribution < 1.29 is 9.47 Å². The average Bonchev–Trinajstić information content (AvgIpc) is 3.29. The third-order valence-corrected chi connectivity index (χ3v) is 5.11. The minimum absolute atomic E-state index is 0.418. The predicted octanol–water partition coefficient (Wildman–Crippen LogP) is 4.21. The Labute approximate surface area is 155 Å². The van der Waals surface area contributed by atoms with E-state index in [9.17, 15) is 0 Å². The summed E-state index contributed by atoms with van der Waals surface area (Å²) in [5, 5.41) is 0. The van der Waals surface area contributed by atoms with Crippen LogP contribution in [0.1, 0.15) is 16.3 Å². The maximum Gasteiger partial charge on any atom is 0.147 e. The van der Waals surface area contributed by atoms with Gasteiger partial charge in [0.05, 0.1) is 23.7 Å². The van der Waals surface area contributed by atoms with E-state index in [4.69, 9.17) is 9.47 Å². The lowest BCUT2D eigenvalue weighted by molar-refractivity contribution is 0.292. The quantitative estimate of drug-likeness (QED) is 0.514. The molecular weight excluding hydrogens is 346 g/mol. The van der Waals surface area contributed by atoms with Crippen LogP contribution in [-0.4, -0.2) is 21.6 Å². The third kappa shape index (κ3) is 3.41. The number of rotatable bonds is 6. The van der Waals surface area contributed by atoms with Crippen LogP contribution in [0.15, 0.2) is 54.2 Å². The van der Waals surface area contributed by atoms with Gasteiger partial charge in [-0.15, -0.1) is 11.3 Å². The van der Waals surface area contributed by atoms with Gasteiger partial charge in [-0.1, -0.05) is 12.1 Å². The van der Waals surface area contributed by atoms with Gasteiger partial charge in [-0.2, -0.15) is 0 Å². The minimum atomic E-state index is 0.418. The van der Waals surface area contributed by atoms with Crippen molar-refractivity contribution in [2.24, 2.45) is 7.05 Å². The summed E-state index contributed by atoms with van der Waals surface area (Å²) in [5.74, 6) is 2.52. The molecule has 2 aromatic carbocycles. The monoisotopic (exact) mass is 365 g/mol. The Bertz CT molecular complexity index is 1010. The highest BCUT2D eigenvalue weighted by Gasteiger charge is 2.09. The first-order chi connectivity index (χ1) is 12.7. The van der Waals surface area contributed by atoms with Gasteiger partial charge in [0, 0.05) is 30.6 Å². The number of benzene rings is 2. The Morgan fingerprint density at radius 2 is 1.88 bits per heavy atom. The molecule has 0 atom stereocenters. The fourth-order valence-electron chi connectivity index (χ4n) is 2.87. The summed E-state index contributed by atoms with van der Waals surface area (Å²) in [7, 11) is 3.66. The van der Waals surface area contributed by atoms with Gasteiger partial charge in [0.25, 0.3) is 0 Å². The molecule has 0 aliphatic rings. The van der Waals surface area contributed by atoms with Crippen molar-refractivity contribution >= 4 is 22.4 Å². The second-order valence-corrected chi connectivity index (χ2v) is 6.99. The van der Waals surface area contributed by atoms with Gasteiger partial charge >= 0.3 is 0 Å². The van der Waals surface area contributed by atoms with E-state index in [2.05, 4.69) is 22.1 Å². The van der Waals surface area contributed by atoms with Gasteiger partial charge in [0.1, 0.15) is 23.9 Å². The molecule has 0 unspecified atom stereocenters. The fourth-order valence-corrected chi connectivity index (χ4v) is 3.50. The maximum atomic E-state index is 5.92. The molecule has 0 aliphatic carbocycles. The SMILES string of the molecule is COc1ccc2c(c1)nc(COc1ccc(Cc3cncs3)cc1)n2C. The molecule has 0 bridgehead atoms. The molecule has 0 N–H and O–H groups in total. The minimum Gasteiger partial charge on any atom is -0.497 e. The number of aryl methyl sites for hydroxylation is 1. The molecule has 0 saturated carbocycles. The van der Waals surface area contributed by atoms with Crippen LogP contribution in [0.4, 0.5) is 0 Å². The molecule has 0 radical (unpaired) electrons. The van der Waals surface area contributed by atoms with Gasteiger partial charge in [0.15, 0.2) is 0 Å². The molecule has 6 heteroatoms. The lowest BCUT2D eigenvalue weighted by Gasteiger charge is -2.07. The lowest BCUT2D eigenvalue weighted by atomic mass is 10.1. The zero-order chi connectivity index (χ0) is 17.9. The van der Waals surface area contributed by atoms with E-state index < -0.39 is 0 Å². The summed E-state index contributed by atoms with van der Waals surface area (Å²) < 4.78 is 13.2. The molecule has 0 saturated heterocycles. The van der Waals surface area contributed by atoms with Crippen molar-refractivity contribution in [2.75, 3.05) is 7.11 Å².